The van der Waals surface area contributed by atoms with Gasteiger partial charge in [0, 0.05) is 31.4 Å². The molecule has 1 heterocycles. The van der Waals surface area contributed by atoms with Crippen LogP contribution < -0.4 is 10.6 Å². The van der Waals surface area contributed by atoms with Gasteiger partial charge in [-0.25, -0.2) is 0 Å². The van der Waals surface area contributed by atoms with E-state index in [-0.39, 0.29) is 5.91 Å². The highest BCUT2D eigenvalue weighted by molar-refractivity contribution is 5.95. The first-order valence-corrected chi connectivity index (χ1v) is 7.37. The molecule has 1 aromatic carbocycles. The Balaban J connectivity index is 2.13. The van der Waals surface area contributed by atoms with Crippen molar-refractivity contribution in [2.24, 2.45) is 0 Å². The van der Waals surface area contributed by atoms with Crippen molar-refractivity contribution in [1.29, 1.82) is 0 Å². The zero-order chi connectivity index (χ0) is 14.5. The third kappa shape index (κ3) is 3.73. The van der Waals surface area contributed by atoms with Crippen molar-refractivity contribution in [2.75, 3.05) is 32.5 Å². The summed E-state index contributed by atoms with van der Waals surface area (Å²) in [6.45, 7) is 4.25. The second kappa shape index (κ2) is 6.75. The van der Waals surface area contributed by atoms with Crippen LogP contribution in [0.2, 0.25) is 0 Å². The third-order valence-corrected chi connectivity index (χ3v) is 3.83. The van der Waals surface area contributed by atoms with Gasteiger partial charge in [0.25, 0.3) is 5.91 Å². The van der Waals surface area contributed by atoms with Crippen molar-refractivity contribution in [3.63, 3.8) is 0 Å². The van der Waals surface area contributed by atoms with Crippen LogP contribution in [-0.4, -0.2) is 44.0 Å². The van der Waals surface area contributed by atoms with E-state index in [1.165, 1.54) is 18.4 Å². The number of amides is 1. The number of carbonyl (C=O) groups is 1. The van der Waals surface area contributed by atoms with Gasteiger partial charge >= 0.3 is 0 Å². The highest BCUT2D eigenvalue weighted by Gasteiger charge is 2.14. The van der Waals surface area contributed by atoms with Crippen molar-refractivity contribution in [3.8, 4) is 0 Å². The van der Waals surface area contributed by atoms with E-state index < -0.39 is 0 Å². The molecule has 110 valence electrons. The van der Waals surface area contributed by atoms with Crippen LogP contribution in [-0.2, 0) is 0 Å². The Hall–Kier alpha value is -1.55. The van der Waals surface area contributed by atoms with Crippen LogP contribution in [0, 0.1) is 6.92 Å². The first-order chi connectivity index (χ1) is 9.58. The summed E-state index contributed by atoms with van der Waals surface area (Å²) in [6, 6.07) is 6.40. The van der Waals surface area contributed by atoms with Crippen LogP contribution in [0.4, 0.5) is 5.69 Å². The number of nitrogens with zero attached hydrogens (tertiary/aromatic N) is 1. The Morgan fingerprint density at radius 3 is 2.85 bits per heavy atom. The molecule has 4 heteroatoms. The van der Waals surface area contributed by atoms with Gasteiger partial charge in [0.2, 0.25) is 0 Å². The van der Waals surface area contributed by atoms with E-state index in [0.717, 1.165) is 30.8 Å². The normalized spacial score (nSPS) is 19.2. The molecule has 1 atom stereocenters. The SMILES string of the molecule is Cc1ccc(C(=O)N(C)C)cc1NC1CCCNCC1. The Morgan fingerprint density at radius 2 is 2.10 bits per heavy atom. The first-order valence-electron chi connectivity index (χ1n) is 7.37. The maximum absolute atomic E-state index is 12.0. The summed E-state index contributed by atoms with van der Waals surface area (Å²) in [7, 11) is 3.57. The van der Waals surface area contributed by atoms with Crippen molar-refractivity contribution >= 4 is 11.6 Å². The number of anilines is 1. The number of nitrogens with one attached hydrogen (secondary N) is 2. The second-order valence-electron chi connectivity index (χ2n) is 5.75. The molecule has 0 bridgehead atoms. The maximum Gasteiger partial charge on any atom is 0.253 e. The summed E-state index contributed by atoms with van der Waals surface area (Å²) in [5.74, 6) is 0.0515. The number of aryl methyl sites for hydroxylation is 1. The highest BCUT2D eigenvalue weighted by atomic mass is 16.2. The van der Waals surface area contributed by atoms with Gasteiger partial charge in [-0.3, -0.25) is 4.79 Å². The lowest BCUT2D eigenvalue weighted by Gasteiger charge is -2.20. The monoisotopic (exact) mass is 275 g/mol. The molecular weight excluding hydrogens is 250 g/mol. The molecular formula is C16H25N3O. The minimum Gasteiger partial charge on any atom is -0.382 e. The van der Waals surface area contributed by atoms with Gasteiger partial charge in [-0.05, 0) is 57.0 Å². The fraction of sp³-hybridized carbons (Fsp3) is 0.562. The molecule has 1 fully saturated rings. The summed E-state index contributed by atoms with van der Waals surface area (Å²) in [5, 5.41) is 7.03. The minimum atomic E-state index is 0.0515. The van der Waals surface area contributed by atoms with Gasteiger partial charge < -0.3 is 15.5 Å². The lowest BCUT2D eigenvalue weighted by molar-refractivity contribution is 0.0827. The van der Waals surface area contributed by atoms with Gasteiger partial charge in [0.1, 0.15) is 0 Å². The molecule has 0 aromatic heterocycles. The number of hydrogen-bond donors (Lipinski definition) is 2. The van der Waals surface area contributed by atoms with Crippen molar-refractivity contribution in [3.05, 3.63) is 29.3 Å². The fourth-order valence-electron chi connectivity index (χ4n) is 2.55. The van der Waals surface area contributed by atoms with Crippen LogP contribution >= 0.6 is 0 Å². The summed E-state index contributed by atoms with van der Waals surface area (Å²) >= 11 is 0. The maximum atomic E-state index is 12.0. The minimum absolute atomic E-state index is 0.0515. The molecule has 0 radical (unpaired) electrons. The summed E-state index contributed by atoms with van der Waals surface area (Å²) < 4.78 is 0. The van der Waals surface area contributed by atoms with Crippen LogP contribution in [0.3, 0.4) is 0 Å². The molecule has 1 aliphatic heterocycles. The van der Waals surface area contributed by atoms with Gasteiger partial charge in [0.05, 0.1) is 0 Å². The molecule has 1 amide bonds. The van der Waals surface area contributed by atoms with E-state index in [2.05, 4.69) is 17.6 Å². The first kappa shape index (κ1) is 14.9. The zero-order valence-electron chi connectivity index (χ0n) is 12.7. The Labute approximate surface area is 121 Å². The van der Waals surface area contributed by atoms with E-state index in [0.29, 0.717) is 6.04 Å². The average Bonchev–Trinajstić information content (AvgIpc) is 2.69. The van der Waals surface area contributed by atoms with Gasteiger partial charge in [-0.2, -0.15) is 0 Å². The fourth-order valence-corrected chi connectivity index (χ4v) is 2.55. The van der Waals surface area contributed by atoms with Crippen LogP contribution in [0.5, 0.6) is 0 Å². The standard InChI is InChI=1S/C16H25N3O/c1-12-6-7-13(16(20)19(2)3)11-15(12)18-14-5-4-9-17-10-8-14/h6-7,11,14,17-18H,4-5,8-10H2,1-3H3. The molecule has 4 nitrogen and oxygen atoms in total. The van der Waals surface area contributed by atoms with Crippen molar-refractivity contribution in [2.45, 2.75) is 32.2 Å². The topological polar surface area (TPSA) is 44.4 Å². The quantitative estimate of drug-likeness (QED) is 0.889. The Morgan fingerprint density at radius 1 is 1.30 bits per heavy atom. The number of benzene rings is 1. The summed E-state index contributed by atoms with van der Waals surface area (Å²) in [4.78, 5) is 13.7. The third-order valence-electron chi connectivity index (χ3n) is 3.83. The molecule has 1 aliphatic rings. The molecule has 2 N–H and O–H groups in total. The van der Waals surface area contributed by atoms with E-state index >= 15 is 0 Å². The molecule has 1 saturated heterocycles. The lowest BCUT2D eigenvalue weighted by atomic mass is 10.1. The predicted molar refractivity (Wildman–Crippen MR) is 83.3 cm³/mol. The molecule has 0 saturated carbocycles. The van der Waals surface area contributed by atoms with Crippen LogP contribution in [0.15, 0.2) is 18.2 Å². The smallest absolute Gasteiger partial charge is 0.253 e. The van der Waals surface area contributed by atoms with E-state index in [1.54, 1.807) is 19.0 Å². The van der Waals surface area contributed by atoms with Crippen molar-refractivity contribution < 1.29 is 4.79 Å². The zero-order valence-corrected chi connectivity index (χ0v) is 12.7. The van der Waals surface area contributed by atoms with Crippen LogP contribution in [0.1, 0.15) is 35.2 Å². The van der Waals surface area contributed by atoms with Gasteiger partial charge in [-0.15, -0.1) is 0 Å². The Bertz CT molecular complexity index is 463. The molecule has 1 unspecified atom stereocenters. The van der Waals surface area contributed by atoms with Gasteiger partial charge in [0.15, 0.2) is 0 Å². The second-order valence-corrected chi connectivity index (χ2v) is 5.75. The number of hydrogen-bond acceptors (Lipinski definition) is 3. The number of rotatable bonds is 3. The summed E-state index contributed by atoms with van der Waals surface area (Å²) in [6.07, 6.45) is 3.51. The summed E-state index contributed by atoms with van der Waals surface area (Å²) in [5.41, 5.74) is 3.02. The molecule has 0 aliphatic carbocycles. The molecule has 2 rings (SSSR count). The largest absolute Gasteiger partial charge is 0.382 e. The van der Waals surface area contributed by atoms with Crippen molar-refractivity contribution in [1.82, 2.24) is 10.2 Å². The highest BCUT2D eigenvalue weighted by Crippen LogP contribution is 2.21. The number of carbonyl (C=O) groups excluding carboxylic acids is 1. The van der Waals surface area contributed by atoms with Crippen LogP contribution in [0.25, 0.3) is 0 Å². The molecule has 20 heavy (non-hydrogen) atoms. The Kier molecular flexibility index (Phi) is 5.01. The predicted octanol–water partition coefficient (Wildman–Crippen LogP) is 2.25. The lowest BCUT2D eigenvalue weighted by Crippen LogP contribution is -2.24. The molecule has 1 aromatic rings. The van der Waals surface area contributed by atoms with Gasteiger partial charge in [-0.1, -0.05) is 6.07 Å². The van der Waals surface area contributed by atoms with E-state index in [1.807, 2.05) is 18.2 Å². The van der Waals surface area contributed by atoms with E-state index in [4.69, 9.17) is 0 Å². The average molecular weight is 275 g/mol. The molecule has 0 spiro atoms. The van der Waals surface area contributed by atoms with E-state index in [9.17, 15) is 4.79 Å².